The lowest BCUT2D eigenvalue weighted by molar-refractivity contribution is -0.134. The fourth-order valence-corrected chi connectivity index (χ4v) is 5.58. The Morgan fingerprint density at radius 3 is 2.10 bits per heavy atom. The van der Waals surface area contributed by atoms with E-state index in [0.717, 1.165) is 0 Å². The Morgan fingerprint density at radius 1 is 0.857 bits per heavy atom. The van der Waals surface area contributed by atoms with Gasteiger partial charge < -0.3 is 59.5 Å². The number of fused-ring (bicyclic) bond motifs is 5. The largest absolute Gasteiger partial charge is 0.508 e. The van der Waals surface area contributed by atoms with Gasteiger partial charge in [-0.3, -0.25) is 19.2 Å². The van der Waals surface area contributed by atoms with Crippen molar-refractivity contribution in [1.82, 2.24) is 21.3 Å². The minimum Gasteiger partial charge on any atom is -0.508 e. The number of hydrogen-bond donors (Lipinski definition) is 11. The number of carbonyl (C=O) groups excluding carboxylic acids is 4. The van der Waals surface area contributed by atoms with Crippen molar-refractivity contribution in [2.45, 2.75) is 88.0 Å². The molecular formula is C34H52N8O7. The second-order valence-electron chi connectivity index (χ2n) is 12.5. The Bertz CT molecular complexity index is 1420. The van der Waals surface area contributed by atoms with Crippen LogP contribution >= 0.6 is 0 Å². The fourth-order valence-electron chi connectivity index (χ4n) is 5.58. The topological polar surface area (TPSA) is 281 Å². The summed E-state index contributed by atoms with van der Waals surface area (Å²) in [4.78, 5) is 54.0. The molecule has 15 heteroatoms. The molecule has 1 aliphatic rings. The fraction of sp³-hybridized carbons (Fsp3) is 0.529. The van der Waals surface area contributed by atoms with Crippen LogP contribution in [0.3, 0.4) is 0 Å². The highest BCUT2D eigenvalue weighted by molar-refractivity contribution is 5.95. The molecule has 0 fully saturated rings. The van der Waals surface area contributed by atoms with Crippen molar-refractivity contribution in [3.8, 4) is 22.6 Å². The number of aliphatic hydroxyl groups is 1. The number of aliphatic hydroxyl groups excluding tert-OH is 1. The summed E-state index contributed by atoms with van der Waals surface area (Å²) in [6.07, 6.45) is 2.94. The molecule has 15 N–H and O–H groups in total. The molecule has 1 aliphatic heterocycles. The SMILES string of the molecule is NCCC[C@H](NC(=O)[C@@H]1Cc2cc(ccc2O)-c2ccc(O)c(c2)C[C@H](N)C(=O)N[C@@H](CCCN)C(=O)N1)C(=O)NCCCC[C@H](N)CO. The minimum absolute atomic E-state index is 0.0187. The van der Waals surface area contributed by atoms with E-state index in [4.69, 9.17) is 28.0 Å². The summed E-state index contributed by atoms with van der Waals surface area (Å²) in [7, 11) is 0. The molecular weight excluding hydrogens is 632 g/mol. The van der Waals surface area contributed by atoms with E-state index >= 15 is 0 Å². The number of carbonyl (C=O) groups is 4. The molecule has 4 amide bonds. The average Bonchev–Trinajstić information content (AvgIpc) is 3.08. The van der Waals surface area contributed by atoms with Crippen molar-refractivity contribution < 1.29 is 34.5 Å². The molecule has 0 spiro atoms. The monoisotopic (exact) mass is 684 g/mol. The zero-order chi connectivity index (χ0) is 35.9. The van der Waals surface area contributed by atoms with Crippen molar-refractivity contribution in [2.24, 2.45) is 22.9 Å². The summed E-state index contributed by atoms with van der Waals surface area (Å²) in [6.45, 7) is 0.730. The van der Waals surface area contributed by atoms with Gasteiger partial charge in [-0.25, -0.2) is 0 Å². The van der Waals surface area contributed by atoms with E-state index in [9.17, 15) is 29.4 Å². The van der Waals surface area contributed by atoms with Gasteiger partial charge in [0.05, 0.1) is 12.6 Å². The summed E-state index contributed by atoms with van der Waals surface area (Å²) in [5.74, 6) is -2.58. The highest BCUT2D eigenvalue weighted by atomic mass is 16.3. The van der Waals surface area contributed by atoms with Gasteiger partial charge in [0.25, 0.3) is 0 Å². The molecule has 4 bridgehead atoms. The van der Waals surface area contributed by atoms with Gasteiger partial charge in [0.1, 0.15) is 29.6 Å². The van der Waals surface area contributed by atoms with Crippen molar-refractivity contribution in [3.63, 3.8) is 0 Å². The van der Waals surface area contributed by atoms with E-state index in [-0.39, 0.29) is 62.9 Å². The smallest absolute Gasteiger partial charge is 0.243 e. The van der Waals surface area contributed by atoms with Crippen LogP contribution in [0, 0.1) is 0 Å². The molecule has 15 nitrogen and oxygen atoms in total. The van der Waals surface area contributed by atoms with Gasteiger partial charge in [0.2, 0.25) is 23.6 Å². The highest BCUT2D eigenvalue weighted by Crippen LogP contribution is 2.31. The van der Waals surface area contributed by atoms with E-state index in [1.807, 2.05) is 0 Å². The van der Waals surface area contributed by atoms with Gasteiger partial charge >= 0.3 is 0 Å². The van der Waals surface area contributed by atoms with Crippen molar-refractivity contribution in [1.29, 1.82) is 0 Å². The summed E-state index contributed by atoms with van der Waals surface area (Å²) >= 11 is 0. The Labute approximate surface area is 286 Å². The molecule has 0 aromatic heterocycles. The Hall–Kier alpha value is -4.28. The summed E-state index contributed by atoms with van der Waals surface area (Å²) < 4.78 is 0. The maximum Gasteiger partial charge on any atom is 0.243 e. The van der Waals surface area contributed by atoms with E-state index in [0.29, 0.717) is 60.9 Å². The number of aromatic hydroxyl groups is 2. The number of phenolic OH excluding ortho intramolecular Hbond substituents is 2. The van der Waals surface area contributed by atoms with Crippen LogP contribution in [0.15, 0.2) is 36.4 Å². The third-order valence-corrected chi connectivity index (χ3v) is 8.52. The number of benzene rings is 2. The van der Waals surface area contributed by atoms with Crippen LogP contribution in [0.25, 0.3) is 11.1 Å². The normalized spacial score (nSPS) is 19.4. The first-order valence-electron chi connectivity index (χ1n) is 16.8. The van der Waals surface area contributed by atoms with Gasteiger partial charge in [-0.1, -0.05) is 18.6 Å². The molecule has 3 rings (SSSR count). The van der Waals surface area contributed by atoms with Gasteiger partial charge in [-0.2, -0.15) is 0 Å². The maximum absolute atomic E-state index is 13.9. The second-order valence-corrected chi connectivity index (χ2v) is 12.5. The van der Waals surface area contributed by atoms with Gasteiger partial charge in [-0.15, -0.1) is 0 Å². The molecule has 0 unspecified atom stereocenters. The first-order valence-corrected chi connectivity index (χ1v) is 16.8. The number of rotatable bonds is 15. The molecule has 1 heterocycles. The first kappa shape index (κ1) is 39.2. The van der Waals surface area contributed by atoms with E-state index < -0.39 is 47.8 Å². The first-order chi connectivity index (χ1) is 23.5. The third-order valence-electron chi connectivity index (χ3n) is 8.52. The molecule has 2 aromatic carbocycles. The van der Waals surface area contributed by atoms with E-state index in [2.05, 4.69) is 21.3 Å². The number of phenols is 2. The Balaban J connectivity index is 1.94. The Morgan fingerprint density at radius 2 is 1.49 bits per heavy atom. The predicted octanol–water partition coefficient (Wildman–Crippen LogP) is -1.27. The molecule has 2 aromatic rings. The van der Waals surface area contributed by atoms with Crippen LogP contribution in [-0.4, -0.2) is 95.4 Å². The van der Waals surface area contributed by atoms with Crippen molar-refractivity contribution in [3.05, 3.63) is 47.5 Å². The lowest BCUT2D eigenvalue weighted by atomic mass is 9.95. The number of nitrogens with two attached hydrogens (primary N) is 4. The molecule has 270 valence electrons. The molecule has 49 heavy (non-hydrogen) atoms. The van der Waals surface area contributed by atoms with Crippen LogP contribution < -0.4 is 44.2 Å². The van der Waals surface area contributed by atoms with E-state index in [1.165, 1.54) is 12.1 Å². The van der Waals surface area contributed by atoms with Crippen LogP contribution in [0.5, 0.6) is 11.5 Å². The van der Waals surface area contributed by atoms with Gasteiger partial charge in [0, 0.05) is 25.4 Å². The van der Waals surface area contributed by atoms with Crippen LogP contribution in [0.4, 0.5) is 0 Å². The van der Waals surface area contributed by atoms with Crippen LogP contribution in [0.2, 0.25) is 0 Å². The number of nitrogens with one attached hydrogen (secondary N) is 4. The number of amides is 4. The summed E-state index contributed by atoms with van der Waals surface area (Å²) in [5.41, 5.74) is 25.4. The molecule has 0 saturated heterocycles. The van der Waals surface area contributed by atoms with Gasteiger partial charge in [-0.05, 0) is 98.1 Å². The molecule has 0 aliphatic carbocycles. The second kappa shape index (κ2) is 19.7. The lowest BCUT2D eigenvalue weighted by Gasteiger charge is -2.26. The molecule has 5 atom stereocenters. The highest BCUT2D eigenvalue weighted by Gasteiger charge is 2.31. The minimum atomic E-state index is -1.27. The summed E-state index contributed by atoms with van der Waals surface area (Å²) in [6, 6.07) is 4.90. The Kier molecular flexibility index (Phi) is 15.7. The van der Waals surface area contributed by atoms with E-state index in [1.54, 1.807) is 24.3 Å². The summed E-state index contributed by atoms with van der Waals surface area (Å²) in [5, 5.41) is 41.4. The quantitative estimate of drug-likeness (QED) is 0.0984. The third kappa shape index (κ3) is 12.0. The average molecular weight is 685 g/mol. The zero-order valence-electron chi connectivity index (χ0n) is 27.8. The van der Waals surface area contributed by atoms with Crippen molar-refractivity contribution >= 4 is 23.6 Å². The molecule has 0 saturated carbocycles. The number of hydrogen-bond acceptors (Lipinski definition) is 11. The standard InChI is InChI=1S/C34H52N8O7/c35-12-3-6-26(32(47)39-14-2-1-5-24(37)19-43)41-34(49)28-18-23-16-21(9-11-30(23)45)20-8-10-29(44)22(15-20)17-25(38)31(46)40-27(7-4-13-36)33(48)42-28/h8-11,15-16,24-28,43-45H,1-7,12-14,17-19,35-38H2,(H,39,47)(H,40,46)(H,41,49)(H,42,48)/t24-,25-,26-,27-,28-/m0/s1. The maximum atomic E-state index is 13.9. The van der Waals surface area contributed by atoms with Crippen molar-refractivity contribution in [2.75, 3.05) is 26.2 Å². The van der Waals surface area contributed by atoms with Crippen LogP contribution in [0.1, 0.15) is 56.1 Å². The van der Waals surface area contributed by atoms with Gasteiger partial charge in [0.15, 0.2) is 0 Å². The lowest BCUT2D eigenvalue weighted by Crippen LogP contribution is -2.58. The number of unbranched alkanes of at least 4 members (excludes halogenated alkanes) is 1. The predicted molar refractivity (Wildman–Crippen MR) is 185 cm³/mol. The zero-order valence-corrected chi connectivity index (χ0v) is 27.8. The molecule has 0 radical (unpaired) electrons. The van der Waals surface area contributed by atoms with Crippen LogP contribution in [-0.2, 0) is 32.0 Å².